The van der Waals surface area contributed by atoms with Crippen LogP contribution in [-0.2, 0) is 4.74 Å². The largest absolute Gasteiger partial charge is 0.388 e. The molecule has 2 aliphatic rings. The molecule has 0 radical (unpaired) electrons. The van der Waals surface area contributed by atoms with Crippen LogP contribution in [0.1, 0.15) is 19.3 Å². The first kappa shape index (κ1) is 11.3. The van der Waals surface area contributed by atoms with Gasteiger partial charge in [-0.3, -0.25) is 0 Å². The van der Waals surface area contributed by atoms with E-state index in [9.17, 15) is 5.11 Å². The van der Waals surface area contributed by atoms with Crippen molar-refractivity contribution in [3.05, 3.63) is 0 Å². The van der Waals surface area contributed by atoms with Crippen molar-refractivity contribution in [1.29, 1.82) is 0 Å². The second kappa shape index (κ2) is 4.78. The number of hydrogen-bond donors (Lipinski definition) is 2. The van der Waals surface area contributed by atoms with Gasteiger partial charge in [0, 0.05) is 39.1 Å². The molecule has 1 unspecified atom stereocenters. The number of nitrogens with two attached hydrogens (primary N) is 1. The first-order valence-corrected chi connectivity index (χ1v) is 5.94. The summed E-state index contributed by atoms with van der Waals surface area (Å²) in [5, 5.41) is 10.3. The molecule has 4 heteroatoms. The van der Waals surface area contributed by atoms with Crippen LogP contribution in [0.5, 0.6) is 0 Å². The first-order chi connectivity index (χ1) is 7.22. The fourth-order valence-corrected chi connectivity index (χ4v) is 2.57. The van der Waals surface area contributed by atoms with E-state index in [0.717, 1.165) is 39.0 Å². The Balaban J connectivity index is 1.80. The van der Waals surface area contributed by atoms with Crippen LogP contribution < -0.4 is 5.73 Å². The maximum atomic E-state index is 10.3. The molecule has 0 saturated carbocycles. The Morgan fingerprint density at radius 2 is 2.13 bits per heavy atom. The summed E-state index contributed by atoms with van der Waals surface area (Å²) in [4.78, 5) is 2.35. The SMILES string of the molecule is NCC1CCN(CC2(O)CCOCC2)C1. The van der Waals surface area contributed by atoms with E-state index in [4.69, 9.17) is 10.5 Å². The number of β-amino-alcohol motifs (C(OH)–C–C–N with tert-alkyl or cyclic N) is 1. The first-order valence-electron chi connectivity index (χ1n) is 5.94. The second-order valence-electron chi connectivity index (χ2n) is 4.96. The van der Waals surface area contributed by atoms with Crippen LogP contribution in [0.3, 0.4) is 0 Å². The monoisotopic (exact) mass is 214 g/mol. The number of ether oxygens (including phenoxy) is 1. The minimum absolute atomic E-state index is 0.512. The highest BCUT2D eigenvalue weighted by Gasteiger charge is 2.34. The van der Waals surface area contributed by atoms with Crippen LogP contribution >= 0.6 is 0 Å². The summed E-state index contributed by atoms with van der Waals surface area (Å²) < 4.78 is 5.27. The fourth-order valence-electron chi connectivity index (χ4n) is 2.57. The van der Waals surface area contributed by atoms with Gasteiger partial charge in [0.1, 0.15) is 0 Å². The molecule has 0 aromatic heterocycles. The van der Waals surface area contributed by atoms with Crippen molar-refractivity contribution in [3.63, 3.8) is 0 Å². The van der Waals surface area contributed by atoms with Gasteiger partial charge >= 0.3 is 0 Å². The van der Waals surface area contributed by atoms with Gasteiger partial charge in [-0.15, -0.1) is 0 Å². The van der Waals surface area contributed by atoms with Crippen LogP contribution in [0.15, 0.2) is 0 Å². The van der Waals surface area contributed by atoms with Crippen LogP contribution in [-0.4, -0.2) is 55.0 Å². The van der Waals surface area contributed by atoms with Gasteiger partial charge < -0.3 is 20.5 Å². The van der Waals surface area contributed by atoms with Crippen molar-refractivity contribution in [3.8, 4) is 0 Å². The quantitative estimate of drug-likeness (QED) is 0.683. The number of hydrogen-bond acceptors (Lipinski definition) is 4. The number of rotatable bonds is 3. The Labute approximate surface area is 91.4 Å². The van der Waals surface area contributed by atoms with Crippen molar-refractivity contribution in [1.82, 2.24) is 4.90 Å². The Kier molecular flexibility index (Phi) is 3.61. The maximum absolute atomic E-state index is 10.3. The van der Waals surface area contributed by atoms with Gasteiger partial charge in [0.2, 0.25) is 0 Å². The van der Waals surface area contributed by atoms with E-state index in [1.165, 1.54) is 6.42 Å². The van der Waals surface area contributed by atoms with Crippen molar-refractivity contribution in [2.45, 2.75) is 24.9 Å². The molecule has 0 aromatic rings. The third-order valence-electron chi connectivity index (χ3n) is 3.64. The average molecular weight is 214 g/mol. The molecule has 2 heterocycles. The zero-order chi connectivity index (χ0) is 10.7. The molecular formula is C11H22N2O2. The molecule has 0 aromatic carbocycles. The van der Waals surface area contributed by atoms with Crippen LogP contribution in [0.25, 0.3) is 0 Å². The average Bonchev–Trinajstić information content (AvgIpc) is 2.66. The standard InChI is InChI=1S/C11H22N2O2/c12-7-10-1-4-13(8-10)9-11(14)2-5-15-6-3-11/h10,14H,1-9,12H2. The molecule has 88 valence electrons. The van der Waals surface area contributed by atoms with Crippen molar-refractivity contribution < 1.29 is 9.84 Å². The highest BCUT2D eigenvalue weighted by Crippen LogP contribution is 2.24. The highest BCUT2D eigenvalue weighted by atomic mass is 16.5. The van der Waals surface area contributed by atoms with Gasteiger partial charge in [0.25, 0.3) is 0 Å². The van der Waals surface area contributed by atoms with E-state index in [-0.39, 0.29) is 0 Å². The Morgan fingerprint density at radius 1 is 1.40 bits per heavy atom. The number of aliphatic hydroxyl groups is 1. The van der Waals surface area contributed by atoms with E-state index in [1.54, 1.807) is 0 Å². The lowest BCUT2D eigenvalue weighted by Crippen LogP contribution is -2.46. The molecule has 2 aliphatic heterocycles. The second-order valence-corrected chi connectivity index (χ2v) is 4.96. The molecule has 2 saturated heterocycles. The van der Waals surface area contributed by atoms with E-state index >= 15 is 0 Å². The lowest BCUT2D eigenvalue weighted by molar-refractivity contribution is -0.0775. The summed E-state index contributed by atoms with van der Waals surface area (Å²) in [7, 11) is 0. The normalized spacial score (nSPS) is 32.0. The summed E-state index contributed by atoms with van der Waals surface area (Å²) in [5.74, 6) is 0.633. The van der Waals surface area contributed by atoms with Gasteiger partial charge in [-0.1, -0.05) is 0 Å². The topological polar surface area (TPSA) is 58.7 Å². The Morgan fingerprint density at radius 3 is 2.73 bits per heavy atom. The van der Waals surface area contributed by atoms with Gasteiger partial charge in [-0.05, 0) is 25.4 Å². The molecule has 4 nitrogen and oxygen atoms in total. The van der Waals surface area contributed by atoms with Gasteiger partial charge in [-0.25, -0.2) is 0 Å². The molecule has 0 aliphatic carbocycles. The van der Waals surface area contributed by atoms with E-state index in [0.29, 0.717) is 19.1 Å². The van der Waals surface area contributed by atoms with Crippen molar-refractivity contribution >= 4 is 0 Å². The van der Waals surface area contributed by atoms with Gasteiger partial charge in [-0.2, -0.15) is 0 Å². The smallest absolute Gasteiger partial charge is 0.0817 e. The third kappa shape index (κ3) is 2.91. The maximum Gasteiger partial charge on any atom is 0.0817 e. The predicted octanol–water partition coefficient (Wildman–Crippen LogP) is -0.192. The number of nitrogens with zero attached hydrogens (tertiary/aromatic N) is 1. The molecule has 2 rings (SSSR count). The molecular weight excluding hydrogens is 192 g/mol. The van der Waals surface area contributed by atoms with Crippen molar-refractivity contribution in [2.75, 3.05) is 39.4 Å². The molecule has 1 atom stereocenters. The molecule has 2 fully saturated rings. The lowest BCUT2D eigenvalue weighted by atomic mass is 9.94. The predicted molar refractivity (Wildman–Crippen MR) is 58.6 cm³/mol. The minimum Gasteiger partial charge on any atom is -0.388 e. The zero-order valence-electron chi connectivity index (χ0n) is 9.32. The molecule has 3 N–H and O–H groups in total. The van der Waals surface area contributed by atoms with E-state index < -0.39 is 5.60 Å². The summed E-state index contributed by atoms with van der Waals surface area (Å²) >= 11 is 0. The Bertz CT molecular complexity index is 205. The van der Waals surface area contributed by atoms with Crippen LogP contribution in [0.2, 0.25) is 0 Å². The summed E-state index contributed by atoms with van der Waals surface area (Å²) in [6, 6.07) is 0. The highest BCUT2D eigenvalue weighted by molar-refractivity contribution is 4.87. The fraction of sp³-hybridized carbons (Fsp3) is 1.00. The summed E-state index contributed by atoms with van der Waals surface area (Å²) in [6.07, 6.45) is 2.73. The molecule has 0 spiro atoms. The van der Waals surface area contributed by atoms with E-state index in [2.05, 4.69) is 4.90 Å². The summed E-state index contributed by atoms with van der Waals surface area (Å²) in [5.41, 5.74) is 5.14. The van der Waals surface area contributed by atoms with E-state index in [1.807, 2.05) is 0 Å². The molecule has 0 amide bonds. The number of likely N-dealkylation sites (tertiary alicyclic amines) is 1. The van der Waals surface area contributed by atoms with Gasteiger partial charge in [0.15, 0.2) is 0 Å². The minimum atomic E-state index is -0.512. The van der Waals surface area contributed by atoms with Gasteiger partial charge in [0.05, 0.1) is 5.60 Å². The zero-order valence-corrected chi connectivity index (χ0v) is 9.32. The van der Waals surface area contributed by atoms with Crippen LogP contribution in [0, 0.1) is 5.92 Å². The van der Waals surface area contributed by atoms with Crippen molar-refractivity contribution in [2.24, 2.45) is 11.7 Å². The Hall–Kier alpha value is -0.160. The third-order valence-corrected chi connectivity index (χ3v) is 3.64. The molecule has 0 bridgehead atoms. The summed E-state index contributed by atoms with van der Waals surface area (Å²) in [6.45, 7) is 5.12. The molecule has 15 heavy (non-hydrogen) atoms. The lowest BCUT2D eigenvalue weighted by Gasteiger charge is -2.35. The van der Waals surface area contributed by atoms with Crippen LogP contribution in [0.4, 0.5) is 0 Å².